The highest BCUT2D eigenvalue weighted by molar-refractivity contribution is 6.21. The average molecular weight is 491 g/mol. The molecule has 1 fully saturated rings. The van der Waals surface area contributed by atoms with Crippen LogP contribution in [0.25, 0.3) is 11.1 Å². The predicted octanol–water partition coefficient (Wildman–Crippen LogP) is 4.71. The molecule has 36 heavy (non-hydrogen) atoms. The van der Waals surface area contributed by atoms with Gasteiger partial charge >= 0.3 is 5.97 Å². The largest absolute Gasteiger partial charge is 0.509 e. The first-order valence-corrected chi connectivity index (χ1v) is 12.5. The fourth-order valence-electron chi connectivity index (χ4n) is 5.25. The van der Waals surface area contributed by atoms with E-state index in [-0.39, 0.29) is 23.3 Å². The molecule has 1 saturated carbocycles. The number of nitrogens with zero attached hydrogens (tertiary/aromatic N) is 1. The molecule has 0 radical (unpaired) electrons. The number of hydrogen-bond donors (Lipinski definition) is 3. The first-order valence-electron chi connectivity index (χ1n) is 12.5. The van der Waals surface area contributed by atoms with E-state index < -0.39 is 29.9 Å². The number of carboxylic acid groups (broad SMARTS) is 1. The van der Waals surface area contributed by atoms with Gasteiger partial charge in [-0.25, -0.2) is 0 Å². The van der Waals surface area contributed by atoms with Crippen molar-refractivity contribution in [2.75, 3.05) is 6.54 Å². The Labute approximate surface area is 211 Å². The van der Waals surface area contributed by atoms with Crippen LogP contribution in [-0.4, -0.2) is 45.0 Å². The lowest BCUT2D eigenvalue weighted by molar-refractivity contribution is -0.138. The quantitative estimate of drug-likeness (QED) is 0.509. The predicted molar refractivity (Wildman–Crippen MR) is 137 cm³/mol. The molecule has 4 rings (SSSR count). The number of hydrogen-bond acceptors (Lipinski definition) is 4. The fraction of sp³-hybridized carbons (Fsp3) is 0.414. The summed E-state index contributed by atoms with van der Waals surface area (Å²) in [5.74, 6) is -2.85. The van der Waals surface area contributed by atoms with E-state index in [4.69, 9.17) is 5.11 Å². The van der Waals surface area contributed by atoms with Crippen LogP contribution < -0.4 is 5.32 Å². The van der Waals surface area contributed by atoms with Crippen LogP contribution >= 0.6 is 0 Å². The molecule has 0 atom stereocenters. The molecule has 2 aromatic rings. The molecule has 1 aliphatic carbocycles. The van der Waals surface area contributed by atoms with E-state index in [9.17, 15) is 19.5 Å². The highest BCUT2D eigenvalue weighted by Gasteiger charge is 2.53. The van der Waals surface area contributed by atoms with E-state index in [1.807, 2.05) is 24.3 Å². The van der Waals surface area contributed by atoms with Crippen molar-refractivity contribution in [1.82, 2.24) is 10.2 Å². The molecule has 2 aromatic carbocycles. The summed E-state index contributed by atoms with van der Waals surface area (Å²) in [4.78, 5) is 38.5. The van der Waals surface area contributed by atoms with Gasteiger partial charge in [0.1, 0.15) is 23.4 Å². The molecular formula is C29H34N2O5. The number of carbonyl (C=O) groups is 3. The molecule has 1 spiro atoms. The highest BCUT2D eigenvalue weighted by Crippen LogP contribution is 2.45. The number of rotatable bonds is 6. The first-order chi connectivity index (χ1) is 17.0. The van der Waals surface area contributed by atoms with Crippen molar-refractivity contribution in [2.45, 2.75) is 70.4 Å². The molecule has 2 aliphatic rings. The molecule has 0 aromatic heterocycles. The van der Waals surface area contributed by atoms with Gasteiger partial charge in [-0.3, -0.25) is 14.4 Å². The normalized spacial score (nSPS) is 17.5. The van der Waals surface area contributed by atoms with E-state index in [2.05, 4.69) is 50.4 Å². The van der Waals surface area contributed by atoms with Crippen molar-refractivity contribution >= 4 is 17.8 Å². The van der Waals surface area contributed by atoms with Crippen molar-refractivity contribution in [3.05, 3.63) is 71.0 Å². The number of carboxylic acids is 1. The van der Waals surface area contributed by atoms with E-state index in [1.54, 1.807) is 4.90 Å². The molecule has 190 valence electrons. The lowest BCUT2D eigenvalue weighted by Gasteiger charge is -2.41. The smallest absolute Gasteiger partial charge is 0.322 e. The molecule has 0 bridgehead atoms. The number of aliphatic carboxylic acids is 1. The zero-order chi connectivity index (χ0) is 26.1. The second-order valence-electron chi connectivity index (χ2n) is 10.8. The van der Waals surface area contributed by atoms with Crippen LogP contribution in [0.15, 0.2) is 59.9 Å². The van der Waals surface area contributed by atoms with Gasteiger partial charge in [0.25, 0.3) is 11.8 Å². The average Bonchev–Trinajstić information content (AvgIpc) is 3.04. The van der Waals surface area contributed by atoms with Gasteiger partial charge < -0.3 is 20.4 Å². The maximum absolute atomic E-state index is 13.4. The summed E-state index contributed by atoms with van der Waals surface area (Å²) >= 11 is 0. The standard InChI is InChI=1S/C29H34N2O5/c1-28(2,3)22-13-11-21(12-14-22)20-9-7-19(8-10-20)18-31-27(36)24(26(35)30-17-23(32)33)25(34)29(31)15-5-4-6-16-29/h7-14,34H,4-6,15-18H2,1-3H3,(H,30,35)(H,32,33). The van der Waals surface area contributed by atoms with Crippen LogP contribution in [0, 0.1) is 0 Å². The van der Waals surface area contributed by atoms with Crippen LogP contribution in [0.1, 0.15) is 64.0 Å². The zero-order valence-electron chi connectivity index (χ0n) is 21.1. The van der Waals surface area contributed by atoms with Gasteiger partial charge in [-0.05, 0) is 40.5 Å². The Morgan fingerprint density at radius 3 is 2.03 bits per heavy atom. The lowest BCUT2D eigenvalue weighted by Crippen LogP contribution is -2.49. The molecule has 7 heteroatoms. The molecule has 1 heterocycles. The van der Waals surface area contributed by atoms with Crippen molar-refractivity contribution in [2.24, 2.45) is 0 Å². The Kier molecular flexibility index (Phi) is 6.94. The zero-order valence-corrected chi connectivity index (χ0v) is 21.1. The number of carbonyl (C=O) groups excluding carboxylic acids is 2. The van der Waals surface area contributed by atoms with Crippen LogP contribution in [0.2, 0.25) is 0 Å². The minimum Gasteiger partial charge on any atom is -0.509 e. The van der Waals surface area contributed by atoms with Gasteiger partial charge in [0.05, 0.1) is 0 Å². The maximum atomic E-state index is 13.4. The molecule has 1 aliphatic heterocycles. The van der Waals surface area contributed by atoms with Gasteiger partial charge in [0.15, 0.2) is 0 Å². The van der Waals surface area contributed by atoms with Crippen LogP contribution in [-0.2, 0) is 26.3 Å². The third kappa shape index (κ3) is 4.87. The topological polar surface area (TPSA) is 107 Å². The Hall–Kier alpha value is -3.61. The second kappa shape index (κ2) is 9.80. The summed E-state index contributed by atoms with van der Waals surface area (Å²) in [5.41, 5.74) is 3.15. The third-order valence-corrected chi connectivity index (χ3v) is 7.34. The van der Waals surface area contributed by atoms with E-state index in [1.165, 1.54) is 5.56 Å². The van der Waals surface area contributed by atoms with Gasteiger partial charge in [-0.15, -0.1) is 0 Å². The Morgan fingerprint density at radius 2 is 1.50 bits per heavy atom. The van der Waals surface area contributed by atoms with E-state index >= 15 is 0 Å². The molecule has 0 unspecified atom stereocenters. The SMILES string of the molecule is CC(C)(C)c1ccc(-c2ccc(CN3C(=O)C(C(=O)NCC(=O)O)=C(O)C34CCCCC4)cc2)cc1. The molecule has 2 amide bonds. The number of amides is 2. The summed E-state index contributed by atoms with van der Waals surface area (Å²) in [7, 11) is 0. The number of benzene rings is 2. The Bertz CT molecular complexity index is 1180. The molecule has 7 nitrogen and oxygen atoms in total. The first kappa shape index (κ1) is 25.5. The lowest BCUT2D eigenvalue weighted by atomic mass is 9.79. The summed E-state index contributed by atoms with van der Waals surface area (Å²) in [5, 5.41) is 22.2. The number of aliphatic hydroxyl groups excluding tert-OH is 1. The summed E-state index contributed by atoms with van der Waals surface area (Å²) in [6.45, 7) is 6.19. The maximum Gasteiger partial charge on any atom is 0.322 e. The monoisotopic (exact) mass is 490 g/mol. The minimum atomic E-state index is -1.22. The van der Waals surface area contributed by atoms with E-state index in [0.29, 0.717) is 12.8 Å². The fourth-order valence-corrected chi connectivity index (χ4v) is 5.25. The summed E-state index contributed by atoms with van der Waals surface area (Å²) < 4.78 is 0. The van der Waals surface area contributed by atoms with Crippen LogP contribution in [0.3, 0.4) is 0 Å². The van der Waals surface area contributed by atoms with Gasteiger partial charge in [-0.2, -0.15) is 0 Å². The van der Waals surface area contributed by atoms with E-state index in [0.717, 1.165) is 36.0 Å². The number of aliphatic hydroxyl groups is 1. The molecule has 3 N–H and O–H groups in total. The highest BCUT2D eigenvalue weighted by atomic mass is 16.4. The Morgan fingerprint density at radius 1 is 0.944 bits per heavy atom. The van der Waals surface area contributed by atoms with Crippen molar-refractivity contribution in [3.8, 4) is 11.1 Å². The molecule has 0 saturated heterocycles. The van der Waals surface area contributed by atoms with Gasteiger partial charge in [-0.1, -0.05) is 88.6 Å². The third-order valence-electron chi connectivity index (χ3n) is 7.34. The van der Waals surface area contributed by atoms with Crippen molar-refractivity contribution in [3.63, 3.8) is 0 Å². The van der Waals surface area contributed by atoms with Crippen LogP contribution in [0.5, 0.6) is 0 Å². The second-order valence-corrected chi connectivity index (χ2v) is 10.8. The van der Waals surface area contributed by atoms with Crippen molar-refractivity contribution in [1.29, 1.82) is 0 Å². The van der Waals surface area contributed by atoms with Gasteiger partial charge in [0.2, 0.25) is 0 Å². The Balaban J connectivity index is 1.57. The summed E-state index contributed by atoms with van der Waals surface area (Å²) in [6.07, 6.45) is 3.81. The van der Waals surface area contributed by atoms with Gasteiger partial charge in [0, 0.05) is 6.54 Å². The van der Waals surface area contributed by atoms with Crippen LogP contribution in [0.4, 0.5) is 0 Å². The number of nitrogens with one attached hydrogen (secondary N) is 1. The minimum absolute atomic E-state index is 0.0860. The molecular weight excluding hydrogens is 456 g/mol. The summed E-state index contributed by atoms with van der Waals surface area (Å²) in [6, 6.07) is 16.5. The van der Waals surface area contributed by atoms with Crippen molar-refractivity contribution < 1.29 is 24.6 Å².